The van der Waals surface area contributed by atoms with Crippen molar-refractivity contribution < 1.29 is 64.3 Å². The summed E-state index contributed by atoms with van der Waals surface area (Å²) in [4.78, 5) is 31.4. The van der Waals surface area contributed by atoms with Gasteiger partial charge in [-0.2, -0.15) is 26.3 Å². The van der Waals surface area contributed by atoms with Crippen LogP contribution in [0.15, 0.2) is 12.7 Å². The number of imidazole rings is 1. The predicted molar refractivity (Wildman–Crippen MR) is 110 cm³/mol. The van der Waals surface area contributed by atoms with Crippen molar-refractivity contribution in [2.45, 2.75) is 32.7 Å². The summed E-state index contributed by atoms with van der Waals surface area (Å²) in [5.74, 6) is 0.155. The van der Waals surface area contributed by atoms with Gasteiger partial charge in [0.25, 0.3) is 0 Å². The third kappa shape index (κ3) is 11.6. The first-order valence-corrected chi connectivity index (χ1v) is 11.9. The fraction of sp³-hybridized carbons (Fsp3) is 0.647. The Morgan fingerprint density at radius 2 is 1.68 bits per heavy atom. The molecule has 2 aromatic heterocycles. The topological polar surface area (TPSA) is 145 Å². The average Bonchev–Trinajstić information content (AvgIpc) is 3.18. The maximum atomic E-state index is 12.4. The number of hydrogen-bond acceptors (Lipinski definition) is 11. The van der Waals surface area contributed by atoms with Crippen LogP contribution in [-0.4, -0.2) is 70.7 Å². The average molecular weight is 569 g/mol. The molecule has 0 aromatic carbocycles. The second kappa shape index (κ2) is 13.3. The van der Waals surface area contributed by atoms with E-state index in [1.54, 1.807) is 0 Å². The summed E-state index contributed by atoms with van der Waals surface area (Å²) in [5.41, 5.74) is 0.415. The van der Waals surface area contributed by atoms with Crippen molar-refractivity contribution in [1.82, 2.24) is 19.5 Å². The molecule has 0 fully saturated rings. The first-order chi connectivity index (χ1) is 17.2. The molecule has 0 saturated carbocycles. The lowest BCUT2D eigenvalue weighted by atomic mass is 10.2. The molecule has 0 spiro atoms. The quantitative estimate of drug-likeness (QED) is 0.115. The van der Waals surface area contributed by atoms with Crippen LogP contribution in [0.3, 0.4) is 0 Å². The van der Waals surface area contributed by atoms with Gasteiger partial charge in [-0.3, -0.25) is 9.88 Å². The van der Waals surface area contributed by atoms with E-state index in [4.69, 9.17) is 9.47 Å². The smallest absolute Gasteiger partial charge is 0.414 e. The lowest BCUT2D eigenvalue weighted by molar-refractivity contribution is -0.322. The number of anilines is 1. The predicted octanol–water partition coefficient (Wildman–Crippen LogP) is 4.22. The van der Waals surface area contributed by atoms with Crippen LogP contribution in [-0.2, 0) is 39.7 Å². The van der Waals surface area contributed by atoms with Crippen molar-refractivity contribution in [3.8, 4) is 0 Å². The van der Waals surface area contributed by atoms with Gasteiger partial charge in [-0.05, 0) is 5.92 Å². The Bertz CT molecular complexity index is 1040. The third-order valence-corrected chi connectivity index (χ3v) is 4.84. The number of halogens is 6. The van der Waals surface area contributed by atoms with Crippen molar-refractivity contribution in [3.05, 3.63) is 12.7 Å². The van der Waals surface area contributed by atoms with Crippen molar-refractivity contribution in [2.75, 3.05) is 38.1 Å². The molecule has 2 rings (SSSR count). The first-order valence-electron chi connectivity index (χ1n) is 10.2. The minimum Gasteiger partial charge on any atom is -0.449 e. The summed E-state index contributed by atoms with van der Waals surface area (Å²) in [6.45, 7) is -0.541. The highest BCUT2D eigenvalue weighted by atomic mass is 31.2. The highest BCUT2D eigenvalue weighted by Gasteiger charge is 2.36. The molecule has 0 aliphatic rings. The normalized spacial score (nSPS) is 12.9. The van der Waals surface area contributed by atoms with Crippen molar-refractivity contribution in [1.29, 1.82) is 0 Å². The fourth-order valence-electron chi connectivity index (χ4n) is 2.25. The SMILES string of the molecule is CC(C)COC(=O)Nc1ncnc2c1ncn2CCOCP(=O)(OOCC(F)(F)F)OOCC(F)(F)F. The van der Waals surface area contributed by atoms with E-state index in [0.29, 0.717) is 0 Å². The number of alkyl halides is 6. The molecule has 2 heterocycles. The molecule has 0 atom stereocenters. The van der Waals surface area contributed by atoms with Gasteiger partial charge in [-0.1, -0.05) is 13.8 Å². The maximum absolute atomic E-state index is 12.4. The van der Waals surface area contributed by atoms with Crippen LogP contribution < -0.4 is 5.32 Å². The van der Waals surface area contributed by atoms with Crippen molar-refractivity contribution in [2.24, 2.45) is 5.92 Å². The number of amides is 1. The molecular weight excluding hydrogens is 547 g/mol. The molecule has 0 unspecified atom stereocenters. The second-order valence-electron chi connectivity index (χ2n) is 7.50. The van der Waals surface area contributed by atoms with Crippen LogP contribution in [0.25, 0.3) is 11.2 Å². The zero-order chi connectivity index (χ0) is 27.7. The van der Waals surface area contributed by atoms with E-state index in [1.807, 2.05) is 13.8 Å². The molecule has 1 N–H and O–H groups in total. The Labute approximate surface area is 204 Å². The van der Waals surface area contributed by atoms with Crippen LogP contribution in [0.5, 0.6) is 0 Å². The van der Waals surface area contributed by atoms with Crippen LogP contribution in [0.2, 0.25) is 0 Å². The van der Waals surface area contributed by atoms with E-state index in [2.05, 4.69) is 39.4 Å². The fourth-order valence-corrected chi connectivity index (χ4v) is 3.14. The molecule has 210 valence electrons. The summed E-state index contributed by atoms with van der Waals surface area (Å²) in [6.07, 6.45) is -9.24. The standard InChI is InChI=1S/C17H22F6N5O8P/c1-11(2)5-32-15(29)27-13-12-14(25-8-24-13)28(9-26-12)3-4-31-10-37(30,35-33-6-16(18,19)20)36-34-7-17(21,22)23/h8-9,11H,3-7,10H2,1-2H3,(H,24,25,27,29). The lowest BCUT2D eigenvalue weighted by Crippen LogP contribution is -2.19. The molecule has 37 heavy (non-hydrogen) atoms. The van der Waals surface area contributed by atoms with E-state index < -0.39 is 45.6 Å². The number of rotatable bonds is 14. The number of nitrogens with zero attached hydrogens (tertiary/aromatic N) is 4. The monoisotopic (exact) mass is 569 g/mol. The summed E-state index contributed by atoms with van der Waals surface area (Å²) in [7, 11) is -4.86. The molecule has 0 aliphatic carbocycles. The summed E-state index contributed by atoms with van der Waals surface area (Å²) < 4.78 is 105. The minimum absolute atomic E-state index is 0.0441. The van der Waals surface area contributed by atoms with Gasteiger partial charge in [0, 0.05) is 6.54 Å². The Morgan fingerprint density at radius 3 is 2.24 bits per heavy atom. The number of fused-ring (bicyclic) bond motifs is 1. The van der Waals surface area contributed by atoms with Gasteiger partial charge in [0.05, 0.1) is 19.5 Å². The van der Waals surface area contributed by atoms with E-state index in [0.717, 1.165) is 6.33 Å². The van der Waals surface area contributed by atoms with Gasteiger partial charge >= 0.3 is 26.0 Å². The number of nitrogens with one attached hydrogen (secondary N) is 1. The van der Waals surface area contributed by atoms with Crippen LogP contribution in [0.4, 0.5) is 37.0 Å². The molecule has 13 nitrogen and oxygen atoms in total. The number of ether oxygens (including phenoxy) is 2. The van der Waals surface area contributed by atoms with Gasteiger partial charge < -0.3 is 14.0 Å². The van der Waals surface area contributed by atoms with E-state index >= 15 is 0 Å². The highest BCUT2D eigenvalue weighted by molar-refractivity contribution is 7.53. The van der Waals surface area contributed by atoms with Gasteiger partial charge in [-0.15, -0.1) is 9.35 Å². The molecular formula is C17H22F6N5O8P. The lowest BCUT2D eigenvalue weighted by Gasteiger charge is -2.17. The Hall–Kier alpha value is -2.57. The van der Waals surface area contributed by atoms with E-state index in [1.165, 1.54) is 10.9 Å². The zero-order valence-corrected chi connectivity index (χ0v) is 20.1. The molecule has 0 saturated heterocycles. The highest BCUT2D eigenvalue weighted by Crippen LogP contribution is 2.49. The molecule has 20 heteroatoms. The van der Waals surface area contributed by atoms with Crippen LogP contribution in [0, 0.1) is 5.92 Å². The van der Waals surface area contributed by atoms with Gasteiger partial charge in [-0.25, -0.2) is 29.5 Å². The molecule has 0 bridgehead atoms. The van der Waals surface area contributed by atoms with E-state index in [9.17, 15) is 35.7 Å². The largest absolute Gasteiger partial charge is 0.449 e. The van der Waals surface area contributed by atoms with E-state index in [-0.39, 0.29) is 42.7 Å². The number of carbonyl (C=O) groups excluding carboxylic acids is 1. The molecule has 0 radical (unpaired) electrons. The molecule has 1 amide bonds. The number of hydrogen-bond donors (Lipinski definition) is 1. The van der Waals surface area contributed by atoms with Crippen molar-refractivity contribution >= 4 is 30.7 Å². The number of carbonyl (C=O) groups is 1. The van der Waals surface area contributed by atoms with Crippen LogP contribution >= 0.6 is 7.60 Å². The van der Waals surface area contributed by atoms with Crippen LogP contribution in [0.1, 0.15) is 13.8 Å². The van der Waals surface area contributed by atoms with Gasteiger partial charge in [0.1, 0.15) is 6.33 Å². The third-order valence-electron chi connectivity index (χ3n) is 3.67. The number of aromatic nitrogens is 4. The molecule has 2 aromatic rings. The summed E-state index contributed by atoms with van der Waals surface area (Å²) in [5, 5.41) is 2.42. The zero-order valence-electron chi connectivity index (χ0n) is 19.2. The second-order valence-corrected chi connectivity index (χ2v) is 9.28. The first kappa shape index (κ1) is 30.7. The molecule has 0 aliphatic heterocycles. The Balaban J connectivity index is 1.95. The summed E-state index contributed by atoms with van der Waals surface area (Å²) >= 11 is 0. The van der Waals surface area contributed by atoms with Crippen molar-refractivity contribution in [3.63, 3.8) is 0 Å². The summed E-state index contributed by atoms with van der Waals surface area (Å²) in [6, 6.07) is 0. The Kier molecular flexibility index (Phi) is 11.0. The van der Waals surface area contributed by atoms with Gasteiger partial charge in [0.2, 0.25) is 0 Å². The van der Waals surface area contributed by atoms with Gasteiger partial charge in [0.15, 0.2) is 36.5 Å². The Morgan fingerprint density at radius 1 is 1.05 bits per heavy atom. The minimum atomic E-state index is -4.89. The maximum Gasteiger partial charge on any atom is 0.414 e.